The highest BCUT2D eigenvalue weighted by atomic mass is 16.5. The predicted octanol–water partition coefficient (Wildman–Crippen LogP) is 8.03. The van der Waals surface area contributed by atoms with Gasteiger partial charge in [0.25, 0.3) is 0 Å². The Kier molecular flexibility index (Phi) is 14.7. The fourth-order valence-corrected chi connectivity index (χ4v) is 9.90. The van der Waals surface area contributed by atoms with Gasteiger partial charge in [-0.1, -0.05) is 88.8 Å². The van der Waals surface area contributed by atoms with Crippen LogP contribution in [0.1, 0.15) is 113 Å². The average Bonchev–Trinajstić information content (AvgIpc) is 3.60. The Morgan fingerprint density at radius 1 is 0.700 bits per heavy atom. The third-order valence-electron chi connectivity index (χ3n) is 12.7. The summed E-state index contributed by atoms with van der Waals surface area (Å²) < 4.78 is 11.1. The molecule has 6 rings (SSSR count). The Balaban J connectivity index is 0.000000194. The number of methoxy groups -OCH3 is 2. The zero-order valence-corrected chi connectivity index (χ0v) is 31.3. The van der Waals surface area contributed by atoms with E-state index in [4.69, 9.17) is 9.47 Å². The van der Waals surface area contributed by atoms with Crippen LogP contribution in [-0.4, -0.2) is 59.1 Å². The Labute approximate surface area is 302 Å². The topological polar surface area (TPSA) is 99.4 Å². The Morgan fingerprint density at radius 3 is 1.86 bits per heavy atom. The van der Waals surface area contributed by atoms with Crippen molar-refractivity contribution in [1.82, 2.24) is 0 Å². The van der Waals surface area contributed by atoms with Crippen LogP contribution >= 0.6 is 0 Å². The highest BCUT2D eigenvalue weighted by Crippen LogP contribution is 2.49. The third-order valence-corrected chi connectivity index (χ3v) is 12.7. The number of benzene rings is 2. The van der Waals surface area contributed by atoms with E-state index in [0.29, 0.717) is 29.6 Å². The molecule has 4 aliphatic carbocycles. The highest BCUT2D eigenvalue weighted by molar-refractivity contribution is 5.44. The molecule has 0 heterocycles. The predicted molar refractivity (Wildman–Crippen MR) is 202 cm³/mol. The van der Waals surface area contributed by atoms with Gasteiger partial charge in [-0.2, -0.15) is 0 Å². The van der Waals surface area contributed by atoms with Crippen LogP contribution in [0.2, 0.25) is 0 Å². The molecular formula is C44H66O6. The molecule has 2 fully saturated rings. The summed E-state index contributed by atoms with van der Waals surface area (Å²) in [6.07, 6.45) is 19.2. The van der Waals surface area contributed by atoms with Crippen LogP contribution in [0.25, 0.3) is 0 Å². The molecule has 6 heteroatoms. The van der Waals surface area contributed by atoms with E-state index in [0.717, 1.165) is 88.5 Å². The molecule has 0 unspecified atom stereocenters. The number of ether oxygens (including phenoxy) is 2. The molecule has 0 saturated heterocycles. The lowest BCUT2D eigenvalue weighted by Crippen LogP contribution is -2.28. The van der Waals surface area contributed by atoms with Crippen molar-refractivity contribution in [2.75, 3.05) is 14.2 Å². The summed E-state index contributed by atoms with van der Waals surface area (Å²) >= 11 is 0. The summed E-state index contributed by atoms with van der Waals surface area (Å²) in [5.74, 6) is 4.56. The standard InChI is InChI=1S/C22H34O3.C22H32O3/c2*1-3-4-5-8-17(23)10-11-18-19-12-15-7-6-9-22(25-2)20(15)13-16(19)14-21(18)24/h6-7,9,16-19,21,23-24H,3-5,8,10-14H2,1-2H3;6-7,9-11,16-19,21,23-24H,3-5,8,12-14H2,1-2H3/b;11-10+/t2*16-,17-,18+,19-,21+/m00/s1. The van der Waals surface area contributed by atoms with Crippen molar-refractivity contribution >= 4 is 0 Å². The number of hydrogen-bond donors (Lipinski definition) is 4. The van der Waals surface area contributed by atoms with Crippen molar-refractivity contribution in [1.29, 1.82) is 0 Å². The molecule has 2 aromatic rings. The molecule has 0 spiro atoms. The number of aliphatic hydroxyl groups excluding tert-OH is 4. The van der Waals surface area contributed by atoms with Crippen LogP contribution in [0.5, 0.6) is 11.5 Å². The van der Waals surface area contributed by atoms with Crippen molar-refractivity contribution in [3.05, 3.63) is 70.8 Å². The maximum atomic E-state index is 10.6. The maximum absolute atomic E-state index is 10.6. The van der Waals surface area contributed by atoms with Crippen LogP contribution in [0.15, 0.2) is 48.6 Å². The minimum absolute atomic E-state index is 0.158. The Hall–Kier alpha value is -2.38. The second kappa shape index (κ2) is 18.9. The monoisotopic (exact) mass is 690 g/mol. The first-order chi connectivity index (χ1) is 24.3. The van der Waals surface area contributed by atoms with E-state index in [-0.39, 0.29) is 30.3 Å². The fraction of sp³-hybridized carbons (Fsp3) is 0.682. The van der Waals surface area contributed by atoms with Gasteiger partial charge in [0.15, 0.2) is 0 Å². The molecule has 50 heavy (non-hydrogen) atoms. The van der Waals surface area contributed by atoms with Gasteiger partial charge in [0.2, 0.25) is 0 Å². The molecule has 4 N–H and O–H groups in total. The molecule has 2 aromatic carbocycles. The summed E-state index contributed by atoms with van der Waals surface area (Å²) in [5.41, 5.74) is 5.42. The maximum Gasteiger partial charge on any atom is 0.122 e. The lowest BCUT2D eigenvalue weighted by atomic mass is 9.73. The van der Waals surface area contributed by atoms with E-state index in [2.05, 4.69) is 50.3 Å². The molecule has 2 saturated carbocycles. The van der Waals surface area contributed by atoms with Gasteiger partial charge >= 0.3 is 0 Å². The molecule has 0 amide bonds. The molecule has 0 aliphatic heterocycles. The van der Waals surface area contributed by atoms with E-state index < -0.39 is 0 Å². The lowest BCUT2D eigenvalue weighted by molar-refractivity contribution is 0.0869. The van der Waals surface area contributed by atoms with Gasteiger partial charge in [-0.05, 0) is 128 Å². The van der Waals surface area contributed by atoms with Gasteiger partial charge in [-0.3, -0.25) is 0 Å². The second-order valence-corrected chi connectivity index (χ2v) is 15.9. The van der Waals surface area contributed by atoms with Crippen LogP contribution in [0.4, 0.5) is 0 Å². The van der Waals surface area contributed by atoms with Gasteiger partial charge < -0.3 is 29.9 Å². The summed E-state index contributed by atoms with van der Waals surface area (Å²) in [6.45, 7) is 4.37. The molecule has 0 bridgehead atoms. The van der Waals surface area contributed by atoms with Crippen molar-refractivity contribution < 1.29 is 29.9 Å². The molecule has 278 valence electrons. The molecular weight excluding hydrogens is 624 g/mol. The summed E-state index contributed by atoms with van der Waals surface area (Å²) in [4.78, 5) is 0. The lowest BCUT2D eigenvalue weighted by Gasteiger charge is -2.32. The first-order valence-electron chi connectivity index (χ1n) is 20.0. The highest BCUT2D eigenvalue weighted by Gasteiger charge is 2.45. The number of rotatable bonds is 15. The van der Waals surface area contributed by atoms with E-state index in [1.807, 2.05) is 12.1 Å². The normalized spacial score (nSPS) is 29.3. The van der Waals surface area contributed by atoms with Gasteiger partial charge in [0, 0.05) is 5.92 Å². The molecule has 0 aromatic heterocycles. The minimum atomic E-state index is -0.381. The number of unbranched alkanes of at least 4 members (excludes halogenated alkanes) is 4. The van der Waals surface area contributed by atoms with Crippen LogP contribution in [0.3, 0.4) is 0 Å². The number of fused-ring (bicyclic) bond motifs is 4. The van der Waals surface area contributed by atoms with Gasteiger partial charge in [-0.15, -0.1) is 0 Å². The van der Waals surface area contributed by atoms with E-state index in [1.165, 1.54) is 47.9 Å². The van der Waals surface area contributed by atoms with Gasteiger partial charge in [0.1, 0.15) is 11.5 Å². The Morgan fingerprint density at radius 2 is 1.26 bits per heavy atom. The molecule has 10 atom stereocenters. The van der Waals surface area contributed by atoms with Crippen LogP contribution < -0.4 is 9.47 Å². The van der Waals surface area contributed by atoms with E-state index in [9.17, 15) is 20.4 Å². The second-order valence-electron chi connectivity index (χ2n) is 15.9. The number of aliphatic hydroxyl groups is 4. The van der Waals surface area contributed by atoms with Crippen molar-refractivity contribution in [2.24, 2.45) is 35.5 Å². The largest absolute Gasteiger partial charge is 0.496 e. The first-order valence-corrected chi connectivity index (χ1v) is 20.0. The molecule has 6 nitrogen and oxygen atoms in total. The minimum Gasteiger partial charge on any atom is -0.496 e. The van der Waals surface area contributed by atoms with Crippen molar-refractivity contribution in [3.63, 3.8) is 0 Å². The average molecular weight is 691 g/mol. The molecule has 0 radical (unpaired) electrons. The van der Waals surface area contributed by atoms with Crippen LogP contribution in [-0.2, 0) is 25.7 Å². The quantitative estimate of drug-likeness (QED) is 0.112. The summed E-state index contributed by atoms with van der Waals surface area (Å²) in [5, 5.41) is 41.6. The first kappa shape index (κ1) is 38.8. The fourth-order valence-electron chi connectivity index (χ4n) is 9.90. The summed E-state index contributed by atoms with van der Waals surface area (Å²) in [6, 6.07) is 12.6. The number of hydrogen-bond acceptors (Lipinski definition) is 6. The zero-order valence-electron chi connectivity index (χ0n) is 31.3. The van der Waals surface area contributed by atoms with Gasteiger partial charge in [0.05, 0.1) is 38.6 Å². The SMILES string of the molecule is CCCCC[C@H](O)/C=C/[C@@H]1[C@H]2Cc3cccc(OC)c3C[C@H]2C[C@H]1O.CCCCC[C@H](O)CC[C@@H]1[C@H]2Cc3cccc(OC)c3C[C@H]2C[C@H]1O. The van der Waals surface area contributed by atoms with E-state index >= 15 is 0 Å². The summed E-state index contributed by atoms with van der Waals surface area (Å²) in [7, 11) is 3.48. The smallest absolute Gasteiger partial charge is 0.122 e. The van der Waals surface area contributed by atoms with Gasteiger partial charge in [-0.25, -0.2) is 0 Å². The zero-order chi connectivity index (χ0) is 35.6. The van der Waals surface area contributed by atoms with Crippen LogP contribution in [0, 0.1) is 35.5 Å². The third kappa shape index (κ3) is 9.53. The van der Waals surface area contributed by atoms with E-state index in [1.54, 1.807) is 14.2 Å². The Bertz CT molecular complexity index is 1360. The van der Waals surface area contributed by atoms with Crippen molar-refractivity contribution in [3.8, 4) is 11.5 Å². The molecule has 4 aliphatic rings. The van der Waals surface area contributed by atoms with Crippen molar-refractivity contribution in [2.45, 2.75) is 141 Å².